The minimum atomic E-state index is -0.313. The van der Waals surface area contributed by atoms with E-state index in [-0.39, 0.29) is 11.3 Å². The number of amides is 1. The summed E-state index contributed by atoms with van der Waals surface area (Å²) < 4.78 is 2.02. The molecule has 0 radical (unpaired) electrons. The minimum absolute atomic E-state index is 0.236. The maximum absolute atomic E-state index is 12.4. The van der Waals surface area contributed by atoms with Crippen LogP contribution in [0, 0.1) is 18.3 Å². The van der Waals surface area contributed by atoms with Gasteiger partial charge < -0.3 is 9.47 Å². The number of hydrogen-bond donors (Lipinski definition) is 0. The molecule has 6 heteroatoms. The average molecular weight is 341 g/mol. The first-order chi connectivity index (χ1) is 11.8. The molecule has 0 N–H and O–H groups in total. The van der Waals surface area contributed by atoms with Gasteiger partial charge in [0.05, 0.1) is 23.8 Å². The highest BCUT2D eigenvalue weighted by molar-refractivity contribution is 5.81. The second-order valence-corrected chi connectivity index (χ2v) is 8.01. The third-order valence-electron chi connectivity index (χ3n) is 4.88. The van der Waals surface area contributed by atoms with Crippen LogP contribution in [0.25, 0.3) is 11.4 Å². The average Bonchev–Trinajstić information content (AvgIpc) is 3.14. The van der Waals surface area contributed by atoms with Gasteiger partial charge in [0.25, 0.3) is 0 Å². The van der Waals surface area contributed by atoms with E-state index in [1.54, 1.807) is 6.20 Å². The maximum Gasteiger partial charge on any atom is 0.227 e. The van der Waals surface area contributed by atoms with Gasteiger partial charge in [-0.2, -0.15) is 0 Å². The number of likely N-dealkylation sites (tertiary alicyclic amines) is 1. The van der Waals surface area contributed by atoms with Crippen molar-refractivity contribution in [2.24, 2.45) is 18.4 Å². The predicted molar refractivity (Wildman–Crippen MR) is 96.8 cm³/mol. The van der Waals surface area contributed by atoms with Crippen molar-refractivity contribution in [3.63, 3.8) is 0 Å². The Morgan fingerprint density at radius 1 is 1.28 bits per heavy atom. The molecule has 1 amide bonds. The molecule has 2 aromatic heterocycles. The van der Waals surface area contributed by atoms with Crippen LogP contribution in [0.5, 0.6) is 0 Å². The van der Waals surface area contributed by atoms with Crippen molar-refractivity contribution in [2.45, 2.75) is 40.5 Å². The highest BCUT2D eigenvalue weighted by Gasteiger charge is 2.32. The van der Waals surface area contributed by atoms with Crippen molar-refractivity contribution in [1.29, 1.82) is 0 Å². The van der Waals surface area contributed by atoms with Crippen molar-refractivity contribution in [1.82, 2.24) is 24.4 Å². The zero-order chi connectivity index (χ0) is 18.2. The van der Waals surface area contributed by atoms with E-state index < -0.39 is 0 Å². The van der Waals surface area contributed by atoms with Crippen LogP contribution in [-0.4, -0.2) is 43.4 Å². The Bertz CT molecular complexity index is 774. The van der Waals surface area contributed by atoms with Gasteiger partial charge in [-0.15, -0.1) is 0 Å². The molecule has 3 heterocycles. The molecule has 0 aliphatic carbocycles. The fourth-order valence-corrected chi connectivity index (χ4v) is 3.32. The molecule has 1 atom stereocenters. The first kappa shape index (κ1) is 17.6. The van der Waals surface area contributed by atoms with Crippen LogP contribution < -0.4 is 0 Å². The van der Waals surface area contributed by atoms with Crippen molar-refractivity contribution in [3.8, 4) is 11.4 Å². The van der Waals surface area contributed by atoms with Crippen molar-refractivity contribution >= 4 is 5.91 Å². The maximum atomic E-state index is 12.4. The molecule has 1 saturated heterocycles. The number of rotatable bonds is 3. The van der Waals surface area contributed by atoms with Gasteiger partial charge in [0.15, 0.2) is 0 Å². The monoisotopic (exact) mass is 341 g/mol. The highest BCUT2D eigenvalue weighted by atomic mass is 16.2. The van der Waals surface area contributed by atoms with Gasteiger partial charge >= 0.3 is 0 Å². The Balaban J connectivity index is 1.70. The molecular weight excluding hydrogens is 314 g/mol. The molecule has 0 spiro atoms. The molecule has 1 aliphatic heterocycles. The number of carbonyl (C=O) groups is 1. The fourth-order valence-electron chi connectivity index (χ4n) is 3.32. The number of aryl methyl sites for hydroxylation is 1. The number of nitrogens with zero attached hydrogens (tertiary/aromatic N) is 5. The van der Waals surface area contributed by atoms with Gasteiger partial charge in [-0.1, -0.05) is 20.8 Å². The molecule has 0 bridgehead atoms. The Morgan fingerprint density at radius 3 is 2.68 bits per heavy atom. The molecule has 3 rings (SSSR count). The fraction of sp³-hybridized carbons (Fsp3) is 0.579. The quantitative estimate of drug-likeness (QED) is 0.861. The van der Waals surface area contributed by atoms with Crippen LogP contribution in [0.1, 0.15) is 38.7 Å². The summed E-state index contributed by atoms with van der Waals surface area (Å²) in [6, 6.07) is 0. The summed E-state index contributed by atoms with van der Waals surface area (Å²) >= 11 is 0. The van der Waals surface area contributed by atoms with Gasteiger partial charge in [-0.25, -0.2) is 9.97 Å². The van der Waals surface area contributed by atoms with Crippen LogP contribution >= 0.6 is 0 Å². The van der Waals surface area contributed by atoms with Crippen LogP contribution in [-0.2, 0) is 18.3 Å². The number of imidazole rings is 1. The third kappa shape index (κ3) is 3.72. The summed E-state index contributed by atoms with van der Waals surface area (Å²) in [6.45, 7) is 9.57. The summed E-state index contributed by atoms with van der Waals surface area (Å²) in [7, 11) is 1.99. The van der Waals surface area contributed by atoms with E-state index in [2.05, 4.69) is 9.97 Å². The van der Waals surface area contributed by atoms with Gasteiger partial charge in [0, 0.05) is 31.7 Å². The van der Waals surface area contributed by atoms with Crippen molar-refractivity contribution < 1.29 is 4.79 Å². The molecular formula is C19H27N5O. The third-order valence-corrected chi connectivity index (χ3v) is 4.88. The van der Waals surface area contributed by atoms with E-state index >= 15 is 0 Å². The second-order valence-electron chi connectivity index (χ2n) is 8.01. The lowest BCUT2D eigenvalue weighted by atomic mass is 9.95. The van der Waals surface area contributed by atoms with Gasteiger partial charge in [-0.3, -0.25) is 9.78 Å². The Labute approximate surface area is 149 Å². The molecule has 6 nitrogen and oxygen atoms in total. The SMILES string of the molecule is Cc1ncc(-c2cncc(C[C@@H]3CCN(C(=O)C(C)(C)C)C3)n2)n1C. The lowest BCUT2D eigenvalue weighted by Gasteiger charge is -2.25. The van der Waals surface area contributed by atoms with E-state index in [0.29, 0.717) is 5.92 Å². The predicted octanol–water partition coefficient (Wildman–Crippen LogP) is 2.62. The van der Waals surface area contributed by atoms with Gasteiger partial charge in [0.2, 0.25) is 5.91 Å². The summed E-state index contributed by atoms with van der Waals surface area (Å²) in [5.74, 6) is 1.64. The molecule has 0 unspecified atom stereocenters. The second kappa shape index (κ2) is 6.58. The molecule has 0 aromatic carbocycles. The minimum Gasteiger partial charge on any atom is -0.342 e. The van der Waals surface area contributed by atoms with Crippen molar-refractivity contribution in [2.75, 3.05) is 13.1 Å². The van der Waals surface area contributed by atoms with Crippen LogP contribution in [0.2, 0.25) is 0 Å². The lowest BCUT2D eigenvalue weighted by Crippen LogP contribution is -2.38. The summed E-state index contributed by atoms with van der Waals surface area (Å²) in [5.41, 5.74) is 2.49. The molecule has 1 fully saturated rings. The molecule has 134 valence electrons. The molecule has 2 aromatic rings. The van der Waals surface area contributed by atoms with Crippen LogP contribution in [0.3, 0.4) is 0 Å². The Hall–Kier alpha value is -2.24. The summed E-state index contributed by atoms with van der Waals surface area (Å²) in [6.07, 6.45) is 7.33. The van der Waals surface area contributed by atoms with E-state index in [1.165, 1.54) is 0 Å². The largest absolute Gasteiger partial charge is 0.342 e. The Kier molecular flexibility index (Phi) is 4.62. The molecule has 25 heavy (non-hydrogen) atoms. The summed E-state index contributed by atoms with van der Waals surface area (Å²) in [4.78, 5) is 27.9. The van der Waals surface area contributed by atoms with Crippen molar-refractivity contribution in [3.05, 3.63) is 30.1 Å². The normalized spacial score (nSPS) is 18.0. The van der Waals surface area contributed by atoms with E-state index in [1.807, 2.05) is 56.6 Å². The van der Waals surface area contributed by atoms with E-state index in [4.69, 9.17) is 4.98 Å². The zero-order valence-corrected chi connectivity index (χ0v) is 15.8. The first-order valence-electron chi connectivity index (χ1n) is 8.84. The highest BCUT2D eigenvalue weighted by Crippen LogP contribution is 2.26. The zero-order valence-electron chi connectivity index (χ0n) is 15.8. The smallest absolute Gasteiger partial charge is 0.227 e. The number of aromatic nitrogens is 4. The van der Waals surface area contributed by atoms with Crippen LogP contribution in [0.4, 0.5) is 0 Å². The standard InChI is InChI=1S/C19H27N5O/c1-13-21-11-17(23(13)5)16-10-20-9-15(22-16)8-14-6-7-24(12-14)18(25)19(2,3)4/h9-11,14H,6-8,12H2,1-5H3/t14-/m0/s1. The van der Waals surface area contributed by atoms with E-state index in [0.717, 1.165) is 48.8 Å². The lowest BCUT2D eigenvalue weighted by molar-refractivity contribution is -0.138. The topological polar surface area (TPSA) is 63.9 Å². The van der Waals surface area contributed by atoms with E-state index in [9.17, 15) is 4.79 Å². The number of carbonyl (C=O) groups excluding carboxylic acids is 1. The Morgan fingerprint density at radius 2 is 2.04 bits per heavy atom. The van der Waals surface area contributed by atoms with Gasteiger partial charge in [0.1, 0.15) is 11.5 Å². The van der Waals surface area contributed by atoms with Gasteiger partial charge in [-0.05, 0) is 25.7 Å². The van der Waals surface area contributed by atoms with Crippen LogP contribution in [0.15, 0.2) is 18.6 Å². The first-order valence-corrected chi connectivity index (χ1v) is 8.84. The number of hydrogen-bond acceptors (Lipinski definition) is 4. The summed E-state index contributed by atoms with van der Waals surface area (Å²) in [5, 5.41) is 0. The molecule has 0 saturated carbocycles. The molecule has 1 aliphatic rings.